The van der Waals surface area contributed by atoms with Gasteiger partial charge in [-0.25, -0.2) is 4.39 Å². The van der Waals surface area contributed by atoms with Crippen LogP contribution in [-0.4, -0.2) is 13.2 Å². The molecule has 0 radical (unpaired) electrons. The summed E-state index contributed by atoms with van der Waals surface area (Å²) in [6.45, 7) is 0.468. The van der Waals surface area contributed by atoms with Crippen LogP contribution in [0.5, 0.6) is 0 Å². The minimum Gasteiger partial charge on any atom is -0.346 e. The summed E-state index contributed by atoms with van der Waals surface area (Å²) in [5.74, 6) is -0.801. The Morgan fingerprint density at radius 1 is 1.18 bits per heavy atom. The van der Waals surface area contributed by atoms with Crippen molar-refractivity contribution in [1.29, 1.82) is 0 Å². The lowest BCUT2D eigenvalue weighted by Crippen LogP contribution is -2.10. The van der Waals surface area contributed by atoms with Gasteiger partial charge in [0.05, 0.1) is 23.2 Å². The second-order valence-corrected chi connectivity index (χ2v) is 4.29. The van der Waals surface area contributed by atoms with Gasteiger partial charge in [-0.05, 0) is 28.1 Å². The van der Waals surface area contributed by atoms with Gasteiger partial charge in [0.15, 0.2) is 6.29 Å². The molecule has 0 aliphatic carbocycles. The van der Waals surface area contributed by atoms with E-state index in [2.05, 4.69) is 15.9 Å². The topological polar surface area (TPSA) is 18.5 Å². The maximum Gasteiger partial charge on any atom is 0.416 e. The Hall–Kier alpha value is -0.660. The molecule has 0 saturated carbocycles. The predicted molar refractivity (Wildman–Crippen MR) is 53.7 cm³/mol. The molecule has 94 valence electrons. The molecular weight excluding hydrogens is 308 g/mol. The van der Waals surface area contributed by atoms with Gasteiger partial charge in [-0.1, -0.05) is 0 Å². The predicted octanol–water partition coefficient (Wildman–Crippen LogP) is 3.65. The Bertz CT molecular complexity index is 427. The van der Waals surface area contributed by atoms with E-state index in [1.807, 2.05) is 0 Å². The van der Waals surface area contributed by atoms with Crippen LogP contribution in [0.3, 0.4) is 0 Å². The van der Waals surface area contributed by atoms with Crippen LogP contribution < -0.4 is 0 Å². The minimum absolute atomic E-state index is 0.234. The third-order valence-corrected chi connectivity index (χ3v) is 2.84. The fraction of sp³-hybridized carbons (Fsp3) is 0.400. The van der Waals surface area contributed by atoms with Crippen LogP contribution in [0.25, 0.3) is 0 Å². The van der Waals surface area contributed by atoms with Gasteiger partial charge in [0.2, 0.25) is 0 Å². The summed E-state index contributed by atoms with van der Waals surface area (Å²) < 4.78 is 61.0. The number of hydrogen-bond acceptors (Lipinski definition) is 2. The molecule has 2 rings (SSSR count). The fourth-order valence-corrected chi connectivity index (χ4v) is 1.96. The van der Waals surface area contributed by atoms with Crippen molar-refractivity contribution in [2.75, 3.05) is 13.2 Å². The third kappa shape index (κ3) is 2.61. The first-order valence-corrected chi connectivity index (χ1v) is 5.48. The van der Waals surface area contributed by atoms with Crippen molar-refractivity contribution in [3.05, 3.63) is 33.5 Å². The maximum absolute atomic E-state index is 13.6. The largest absolute Gasteiger partial charge is 0.416 e. The van der Waals surface area contributed by atoms with E-state index in [4.69, 9.17) is 9.47 Å². The molecule has 7 heteroatoms. The first-order chi connectivity index (χ1) is 7.89. The second-order valence-electron chi connectivity index (χ2n) is 3.43. The number of ether oxygens (including phenoxy) is 2. The smallest absolute Gasteiger partial charge is 0.346 e. The summed E-state index contributed by atoms with van der Waals surface area (Å²) >= 11 is 2.75. The van der Waals surface area contributed by atoms with Gasteiger partial charge in [0.25, 0.3) is 0 Å². The molecule has 2 nitrogen and oxygen atoms in total. The van der Waals surface area contributed by atoms with Crippen LogP contribution >= 0.6 is 15.9 Å². The van der Waals surface area contributed by atoms with Crippen LogP contribution in [0.15, 0.2) is 16.6 Å². The maximum atomic E-state index is 13.6. The van der Waals surface area contributed by atoms with Gasteiger partial charge < -0.3 is 9.47 Å². The number of benzene rings is 1. The van der Waals surface area contributed by atoms with Crippen LogP contribution in [0, 0.1) is 5.82 Å². The molecule has 0 unspecified atom stereocenters. The molecule has 1 saturated heterocycles. The number of hydrogen-bond donors (Lipinski definition) is 0. The highest BCUT2D eigenvalue weighted by Crippen LogP contribution is 2.37. The Morgan fingerprint density at radius 2 is 1.76 bits per heavy atom. The van der Waals surface area contributed by atoms with E-state index in [0.717, 1.165) is 0 Å². The van der Waals surface area contributed by atoms with Crippen LogP contribution in [0.1, 0.15) is 17.4 Å². The summed E-state index contributed by atoms with van der Waals surface area (Å²) in [4.78, 5) is 0. The third-order valence-electron chi connectivity index (χ3n) is 2.26. The molecule has 0 atom stereocenters. The van der Waals surface area contributed by atoms with E-state index in [0.29, 0.717) is 12.1 Å². The number of halogens is 5. The Labute approximate surface area is 103 Å². The van der Waals surface area contributed by atoms with Crippen molar-refractivity contribution in [2.24, 2.45) is 0 Å². The highest BCUT2D eigenvalue weighted by atomic mass is 79.9. The minimum atomic E-state index is -4.54. The van der Waals surface area contributed by atoms with Crippen molar-refractivity contribution < 1.29 is 27.0 Å². The van der Waals surface area contributed by atoms with E-state index in [-0.39, 0.29) is 23.2 Å². The Morgan fingerprint density at radius 3 is 2.29 bits per heavy atom. The molecule has 1 aromatic rings. The second kappa shape index (κ2) is 4.55. The summed E-state index contributed by atoms with van der Waals surface area (Å²) in [7, 11) is 0. The average molecular weight is 315 g/mol. The average Bonchev–Trinajstić information content (AvgIpc) is 2.73. The highest BCUT2D eigenvalue weighted by molar-refractivity contribution is 9.10. The molecule has 1 heterocycles. The van der Waals surface area contributed by atoms with Gasteiger partial charge in [0, 0.05) is 5.56 Å². The van der Waals surface area contributed by atoms with Crippen LogP contribution in [-0.2, 0) is 15.7 Å². The van der Waals surface area contributed by atoms with Gasteiger partial charge in [-0.15, -0.1) is 0 Å². The zero-order valence-corrected chi connectivity index (χ0v) is 9.94. The van der Waals surface area contributed by atoms with E-state index < -0.39 is 23.8 Å². The Balaban J connectivity index is 2.46. The van der Waals surface area contributed by atoms with Crippen molar-refractivity contribution in [3.63, 3.8) is 0 Å². The molecule has 0 N–H and O–H groups in total. The molecule has 0 aromatic heterocycles. The fourth-order valence-electron chi connectivity index (χ4n) is 1.48. The van der Waals surface area contributed by atoms with Crippen molar-refractivity contribution >= 4 is 15.9 Å². The molecule has 1 aliphatic heterocycles. The molecule has 1 aromatic carbocycles. The summed E-state index contributed by atoms with van der Waals surface area (Å²) in [6, 6.07) is 1.39. The Kier molecular flexibility index (Phi) is 3.42. The molecular formula is C10H7BrF4O2. The van der Waals surface area contributed by atoms with E-state index in [1.165, 1.54) is 0 Å². The van der Waals surface area contributed by atoms with Crippen molar-refractivity contribution in [3.8, 4) is 0 Å². The lowest BCUT2D eigenvalue weighted by atomic mass is 10.1. The lowest BCUT2D eigenvalue weighted by Gasteiger charge is -2.15. The molecule has 0 bridgehead atoms. The van der Waals surface area contributed by atoms with Crippen LogP contribution in [0.4, 0.5) is 17.6 Å². The standard InChI is InChI=1S/C10H7BrF4O2/c11-7-4-5(10(13,14)15)3-6(8(7)12)9-16-1-2-17-9/h3-4,9H,1-2H2. The summed E-state index contributed by atoms with van der Waals surface area (Å²) in [5, 5.41) is 0. The number of alkyl halides is 3. The molecule has 17 heavy (non-hydrogen) atoms. The SMILES string of the molecule is Fc1c(Br)cc(C(F)(F)F)cc1C1OCCO1. The van der Waals surface area contributed by atoms with E-state index >= 15 is 0 Å². The lowest BCUT2D eigenvalue weighted by molar-refractivity contribution is -0.138. The van der Waals surface area contributed by atoms with Crippen molar-refractivity contribution in [1.82, 2.24) is 0 Å². The first kappa shape index (κ1) is 12.8. The molecule has 0 spiro atoms. The molecule has 1 aliphatic rings. The normalized spacial score (nSPS) is 17.7. The van der Waals surface area contributed by atoms with E-state index in [9.17, 15) is 17.6 Å². The van der Waals surface area contributed by atoms with Gasteiger partial charge >= 0.3 is 6.18 Å². The quantitative estimate of drug-likeness (QED) is 0.737. The summed E-state index contributed by atoms with van der Waals surface area (Å²) in [5.41, 5.74) is -1.19. The monoisotopic (exact) mass is 314 g/mol. The highest BCUT2D eigenvalue weighted by Gasteiger charge is 2.34. The van der Waals surface area contributed by atoms with Crippen LogP contribution in [0.2, 0.25) is 0 Å². The van der Waals surface area contributed by atoms with Gasteiger partial charge in [-0.2, -0.15) is 13.2 Å². The molecule has 0 amide bonds. The summed E-state index contributed by atoms with van der Waals surface area (Å²) in [6.07, 6.45) is -5.61. The first-order valence-electron chi connectivity index (χ1n) is 4.69. The zero-order chi connectivity index (χ0) is 12.6. The zero-order valence-electron chi connectivity index (χ0n) is 8.35. The number of rotatable bonds is 1. The van der Waals surface area contributed by atoms with E-state index in [1.54, 1.807) is 0 Å². The molecule has 1 fully saturated rings. The van der Waals surface area contributed by atoms with Crippen molar-refractivity contribution in [2.45, 2.75) is 12.5 Å². The van der Waals surface area contributed by atoms with Gasteiger partial charge in [0.1, 0.15) is 5.82 Å². The van der Waals surface area contributed by atoms with Gasteiger partial charge in [-0.3, -0.25) is 0 Å².